The van der Waals surface area contributed by atoms with Crippen LogP contribution in [0.1, 0.15) is 42.6 Å². The molecule has 2 amide bonds. The maximum absolute atomic E-state index is 12.5. The van der Waals surface area contributed by atoms with E-state index in [1.54, 1.807) is 17.0 Å². The van der Waals surface area contributed by atoms with Gasteiger partial charge in [0, 0.05) is 18.5 Å². The molecular formula is C16H20N2O4. The van der Waals surface area contributed by atoms with Crippen LogP contribution in [0.3, 0.4) is 0 Å². The summed E-state index contributed by atoms with van der Waals surface area (Å²) < 4.78 is 5.65. The summed E-state index contributed by atoms with van der Waals surface area (Å²) in [4.78, 5) is 25.4. The summed E-state index contributed by atoms with van der Waals surface area (Å²) in [6.07, 6.45) is -0.140. The van der Waals surface area contributed by atoms with E-state index in [1.807, 2.05) is 19.9 Å². The minimum absolute atomic E-state index is 0.0710. The van der Waals surface area contributed by atoms with Gasteiger partial charge in [-0.25, -0.2) is 0 Å². The van der Waals surface area contributed by atoms with E-state index in [2.05, 4.69) is 5.32 Å². The number of nitrogens with zero attached hydrogens (tertiary/aromatic N) is 1. The maximum Gasteiger partial charge on any atom is 0.254 e. The van der Waals surface area contributed by atoms with Gasteiger partial charge >= 0.3 is 0 Å². The van der Waals surface area contributed by atoms with E-state index in [1.165, 1.54) is 0 Å². The Bertz CT molecular complexity index is 614. The minimum Gasteiger partial charge on any atom is -0.491 e. The van der Waals surface area contributed by atoms with E-state index in [4.69, 9.17) is 4.74 Å². The highest BCUT2D eigenvalue weighted by molar-refractivity contribution is 5.99. The molecule has 0 saturated carbocycles. The average molecular weight is 304 g/mol. The molecule has 0 aliphatic carbocycles. The number of nitrogens with one attached hydrogen (secondary N) is 1. The number of hydrogen-bond acceptors (Lipinski definition) is 4. The van der Waals surface area contributed by atoms with E-state index in [9.17, 15) is 14.7 Å². The fraction of sp³-hybridized carbons (Fsp3) is 0.500. The van der Waals surface area contributed by atoms with Crippen molar-refractivity contribution in [1.29, 1.82) is 0 Å². The number of carbonyl (C=O) groups excluding carboxylic acids is 2. The smallest absolute Gasteiger partial charge is 0.254 e. The van der Waals surface area contributed by atoms with Gasteiger partial charge in [-0.15, -0.1) is 0 Å². The molecule has 0 bridgehead atoms. The van der Waals surface area contributed by atoms with Crippen LogP contribution < -0.4 is 10.1 Å². The topological polar surface area (TPSA) is 78.9 Å². The fourth-order valence-electron chi connectivity index (χ4n) is 3.03. The summed E-state index contributed by atoms with van der Waals surface area (Å²) in [5, 5.41) is 12.5. The van der Waals surface area contributed by atoms with E-state index < -0.39 is 6.23 Å². The zero-order valence-corrected chi connectivity index (χ0v) is 12.7. The highest BCUT2D eigenvalue weighted by atomic mass is 16.5. The van der Waals surface area contributed by atoms with Gasteiger partial charge in [-0.05, 0) is 44.0 Å². The van der Waals surface area contributed by atoms with Gasteiger partial charge in [-0.1, -0.05) is 0 Å². The molecule has 0 aromatic heterocycles. The van der Waals surface area contributed by atoms with Crippen LogP contribution in [0.5, 0.6) is 5.75 Å². The molecule has 0 radical (unpaired) electrons. The monoisotopic (exact) mass is 304 g/mol. The van der Waals surface area contributed by atoms with Crippen LogP contribution in [-0.2, 0) is 11.3 Å². The molecule has 2 heterocycles. The molecule has 2 aliphatic rings. The number of aliphatic hydroxyl groups excluding tert-OH is 1. The highest BCUT2D eigenvalue weighted by Gasteiger charge is 2.39. The predicted octanol–water partition coefficient (Wildman–Crippen LogP) is 1.03. The average Bonchev–Trinajstić information content (AvgIpc) is 2.75. The van der Waals surface area contributed by atoms with Gasteiger partial charge in [0.05, 0.1) is 12.1 Å². The third-order valence-electron chi connectivity index (χ3n) is 4.02. The zero-order valence-electron chi connectivity index (χ0n) is 12.7. The van der Waals surface area contributed by atoms with Gasteiger partial charge < -0.3 is 20.1 Å². The number of carbonyl (C=O) groups is 2. The Kier molecular flexibility index (Phi) is 3.78. The molecule has 2 N–H and O–H groups in total. The number of ether oxygens (including phenoxy) is 1. The number of piperidine rings is 1. The van der Waals surface area contributed by atoms with Gasteiger partial charge in [0.25, 0.3) is 5.91 Å². The largest absolute Gasteiger partial charge is 0.491 e. The summed E-state index contributed by atoms with van der Waals surface area (Å²) in [5.74, 6) is 0.452. The van der Waals surface area contributed by atoms with Crippen LogP contribution in [0.25, 0.3) is 0 Å². The summed E-state index contributed by atoms with van der Waals surface area (Å²) in [7, 11) is 0. The summed E-state index contributed by atoms with van der Waals surface area (Å²) in [6.45, 7) is 4.33. The number of amides is 2. The Hall–Kier alpha value is -2.08. The first-order valence-corrected chi connectivity index (χ1v) is 7.53. The van der Waals surface area contributed by atoms with Crippen LogP contribution >= 0.6 is 0 Å². The van der Waals surface area contributed by atoms with Crippen LogP contribution in [0.15, 0.2) is 18.2 Å². The molecule has 0 spiro atoms. The van der Waals surface area contributed by atoms with E-state index in [0.29, 0.717) is 24.9 Å². The molecule has 6 heteroatoms. The Labute approximate surface area is 129 Å². The van der Waals surface area contributed by atoms with Crippen molar-refractivity contribution in [2.75, 3.05) is 0 Å². The van der Waals surface area contributed by atoms with Crippen LogP contribution in [0.2, 0.25) is 0 Å². The molecule has 1 fully saturated rings. The summed E-state index contributed by atoms with van der Waals surface area (Å²) in [6, 6.07) is 5.05. The van der Waals surface area contributed by atoms with Crippen molar-refractivity contribution in [1.82, 2.24) is 10.2 Å². The van der Waals surface area contributed by atoms with Gasteiger partial charge in [0.15, 0.2) is 0 Å². The van der Waals surface area contributed by atoms with Crippen LogP contribution in [-0.4, -0.2) is 40.2 Å². The molecule has 1 saturated heterocycles. The standard InChI is InChI=1S/C16H20N2O4/c1-9(2)22-11-3-4-12-10(7-11)8-18(16(12)21)13-5-6-14(19)17-15(13)20/h3-4,7,9,13,15,20H,5-6,8H2,1-2H3,(H,17,19). The lowest BCUT2D eigenvalue weighted by molar-refractivity contribution is -0.129. The van der Waals surface area contributed by atoms with Gasteiger partial charge in [0.2, 0.25) is 5.91 Å². The Morgan fingerprint density at radius 1 is 1.36 bits per heavy atom. The first-order valence-electron chi connectivity index (χ1n) is 7.53. The Morgan fingerprint density at radius 2 is 2.14 bits per heavy atom. The number of rotatable bonds is 3. The number of benzene rings is 1. The zero-order chi connectivity index (χ0) is 15.9. The van der Waals surface area contributed by atoms with E-state index in [0.717, 1.165) is 11.3 Å². The minimum atomic E-state index is -1.01. The Morgan fingerprint density at radius 3 is 2.82 bits per heavy atom. The summed E-state index contributed by atoms with van der Waals surface area (Å²) in [5.41, 5.74) is 1.53. The lowest BCUT2D eigenvalue weighted by Crippen LogP contribution is -2.55. The molecule has 1 aromatic carbocycles. The normalized spacial score (nSPS) is 24.5. The predicted molar refractivity (Wildman–Crippen MR) is 79.3 cm³/mol. The van der Waals surface area contributed by atoms with E-state index >= 15 is 0 Å². The molecule has 2 atom stereocenters. The van der Waals surface area contributed by atoms with Crippen molar-refractivity contribution in [2.24, 2.45) is 0 Å². The van der Waals surface area contributed by atoms with E-state index in [-0.39, 0.29) is 24.0 Å². The number of hydrogen-bond donors (Lipinski definition) is 2. The van der Waals surface area contributed by atoms with Crippen LogP contribution in [0.4, 0.5) is 0 Å². The quantitative estimate of drug-likeness (QED) is 0.874. The lowest BCUT2D eigenvalue weighted by Gasteiger charge is -2.35. The van der Waals surface area contributed by atoms with Crippen molar-refractivity contribution in [2.45, 2.75) is 51.6 Å². The maximum atomic E-state index is 12.5. The highest BCUT2D eigenvalue weighted by Crippen LogP contribution is 2.31. The van der Waals surface area contributed by atoms with Crippen molar-refractivity contribution in [3.8, 4) is 5.75 Å². The van der Waals surface area contributed by atoms with Gasteiger partial charge in [-0.3, -0.25) is 9.59 Å². The fourth-order valence-corrected chi connectivity index (χ4v) is 3.03. The molecule has 22 heavy (non-hydrogen) atoms. The van der Waals surface area contributed by atoms with Crippen molar-refractivity contribution < 1.29 is 19.4 Å². The third-order valence-corrected chi connectivity index (χ3v) is 4.02. The molecule has 3 rings (SSSR count). The second-order valence-corrected chi connectivity index (χ2v) is 6.04. The van der Waals surface area contributed by atoms with Crippen molar-refractivity contribution >= 4 is 11.8 Å². The first-order chi connectivity index (χ1) is 10.5. The number of fused-ring (bicyclic) bond motifs is 1. The molecule has 1 aromatic rings. The van der Waals surface area contributed by atoms with Gasteiger partial charge in [-0.2, -0.15) is 0 Å². The Balaban J connectivity index is 1.80. The molecule has 2 unspecified atom stereocenters. The van der Waals surface area contributed by atoms with Crippen molar-refractivity contribution in [3.63, 3.8) is 0 Å². The number of aliphatic hydroxyl groups is 1. The van der Waals surface area contributed by atoms with Crippen LogP contribution in [0, 0.1) is 0 Å². The molecular weight excluding hydrogens is 284 g/mol. The molecule has 2 aliphatic heterocycles. The second-order valence-electron chi connectivity index (χ2n) is 6.04. The van der Waals surface area contributed by atoms with Crippen molar-refractivity contribution in [3.05, 3.63) is 29.3 Å². The third kappa shape index (κ3) is 2.66. The van der Waals surface area contributed by atoms with Gasteiger partial charge in [0.1, 0.15) is 12.0 Å². The molecule has 6 nitrogen and oxygen atoms in total. The molecule has 118 valence electrons. The summed E-state index contributed by atoms with van der Waals surface area (Å²) >= 11 is 0. The lowest BCUT2D eigenvalue weighted by atomic mass is 10.0. The second kappa shape index (κ2) is 5.61. The first kappa shape index (κ1) is 14.8. The SMILES string of the molecule is CC(C)Oc1ccc2c(c1)CN(C1CCC(=O)NC1O)C2=O.